The number of carbonyl (C=O) groups excluding carboxylic acids is 1. The molecule has 4 N–H and O–H groups in total. The fourth-order valence-corrected chi connectivity index (χ4v) is 1.81. The molecule has 1 aromatic carbocycles. The Morgan fingerprint density at radius 1 is 1.44 bits per heavy atom. The summed E-state index contributed by atoms with van der Waals surface area (Å²) in [5, 5.41) is 9.98. The van der Waals surface area contributed by atoms with Crippen molar-refractivity contribution in [2.45, 2.75) is 13.8 Å². The van der Waals surface area contributed by atoms with Crippen LogP contribution in [0.5, 0.6) is 5.75 Å². The summed E-state index contributed by atoms with van der Waals surface area (Å²) in [4.78, 5) is 12.9. The Bertz CT molecular complexity index is 485. The minimum atomic E-state index is -0.479. The first kappa shape index (κ1) is 13.8. The van der Waals surface area contributed by atoms with E-state index in [0.717, 1.165) is 16.0 Å². The minimum absolute atomic E-state index is 0.361. The largest absolute Gasteiger partial charge is 0.495 e. The number of carbonyl (C=O) groups is 1. The van der Waals surface area contributed by atoms with Crippen molar-refractivity contribution in [1.82, 2.24) is 5.32 Å². The average Bonchev–Trinajstić information content (AvgIpc) is 2.30. The first-order valence-corrected chi connectivity index (χ1v) is 5.43. The van der Waals surface area contributed by atoms with Crippen LogP contribution in [0.3, 0.4) is 0 Å². The minimum Gasteiger partial charge on any atom is -0.495 e. The molecule has 6 nitrogen and oxygen atoms in total. The normalized spacial score (nSPS) is 9.78. The molecule has 18 heavy (non-hydrogen) atoms. The van der Waals surface area contributed by atoms with Gasteiger partial charge in [0.1, 0.15) is 5.75 Å². The highest BCUT2D eigenvalue weighted by atomic mass is 16.5. The van der Waals surface area contributed by atoms with E-state index in [0.29, 0.717) is 11.4 Å². The summed E-state index contributed by atoms with van der Waals surface area (Å²) in [6.45, 7) is 3.76. The number of benzene rings is 1. The molecule has 0 radical (unpaired) electrons. The van der Waals surface area contributed by atoms with Crippen molar-refractivity contribution < 1.29 is 9.53 Å². The standard InChI is InChI=1S/C12H18N4O2/c1-7-5-8(2)10(9(6-7)18-4)16(11(13)14)12(17)15-3/h5-6H,1-4H3,(H3,13,14)(H,15,17). The number of aryl methyl sites for hydroxylation is 2. The lowest BCUT2D eigenvalue weighted by Crippen LogP contribution is -2.46. The number of hydrogen-bond acceptors (Lipinski definition) is 3. The van der Waals surface area contributed by atoms with E-state index in [1.54, 1.807) is 6.07 Å². The van der Waals surface area contributed by atoms with Gasteiger partial charge in [-0.15, -0.1) is 0 Å². The Hall–Kier alpha value is -2.24. The zero-order valence-electron chi connectivity index (χ0n) is 11.0. The molecule has 0 fully saturated rings. The van der Waals surface area contributed by atoms with E-state index in [9.17, 15) is 4.79 Å². The smallest absolute Gasteiger partial charge is 0.328 e. The Morgan fingerprint density at radius 3 is 2.50 bits per heavy atom. The molecule has 0 spiro atoms. The zero-order chi connectivity index (χ0) is 13.9. The van der Waals surface area contributed by atoms with Crippen LogP contribution in [0.4, 0.5) is 10.5 Å². The van der Waals surface area contributed by atoms with E-state index in [-0.39, 0.29) is 5.96 Å². The van der Waals surface area contributed by atoms with Gasteiger partial charge >= 0.3 is 6.03 Å². The highest BCUT2D eigenvalue weighted by molar-refractivity contribution is 6.15. The molecule has 0 heterocycles. The van der Waals surface area contributed by atoms with E-state index in [1.165, 1.54) is 14.2 Å². The maximum atomic E-state index is 11.8. The van der Waals surface area contributed by atoms with Gasteiger partial charge in [-0.25, -0.2) is 9.69 Å². The van der Waals surface area contributed by atoms with E-state index < -0.39 is 6.03 Å². The zero-order valence-corrected chi connectivity index (χ0v) is 11.0. The van der Waals surface area contributed by atoms with Crippen molar-refractivity contribution in [3.05, 3.63) is 23.3 Å². The number of nitrogens with two attached hydrogens (primary N) is 1. The highest BCUT2D eigenvalue weighted by Crippen LogP contribution is 2.33. The van der Waals surface area contributed by atoms with Crippen LogP contribution in [0, 0.1) is 19.3 Å². The number of urea groups is 1. The molecule has 0 saturated heterocycles. The lowest BCUT2D eigenvalue weighted by molar-refractivity contribution is 0.250. The number of rotatable bonds is 2. The fraction of sp³-hybridized carbons (Fsp3) is 0.333. The quantitative estimate of drug-likeness (QED) is 0.546. The molecule has 1 rings (SSSR count). The number of hydrogen-bond donors (Lipinski definition) is 3. The van der Waals surface area contributed by atoms with Crippen molar-refractivity contribution in [2.24, 2.45) is 5.73 Å². The molecular weight excluding hydrogens is 232 g/mol. The summed E-state index contributed by atoms with van der Waals surface area (Å²) in [7, 11) is 2.99. The van der Waals surface area contributed by atoms with Crippen LogP contribution in [0.25, 0.3) is 0 Å². The number of anilines is 1. The lowest BCUT2D eigenvalue weighted by Gasteiger charge is -2.24. The second kappa shape index (κ2) is 5.39. The van der Waals surface area contributed by atoms with Crippen molar-refractivity contribution in [3.8, 4) is 5.75 Å². The number of guanidine groups is 1. The van der Waals surface area contributed by atoms with Gasteiger partial charge in [0, 0.05) is 7.05 Å². The van der Waals surface area contributed by atoms with Crippen LogP contribution in [0.1, 0.15) is 11.1 Å². The summed E-state index contributed by atoms with van der Waals surface area (Å²) in [5.74, 6) is 0.144. The maximum absolute atomic E-state index is 11.8. The van der Waals surface area contributed by atoms with Gasteiger partial charge < -0.3 is 15.8 Å². The predicted octanol–water partition coefficient (Wildman–Crippen LogP) is 1.35. The summed E-state index contributed by atoms with van der Waals surface area (Å²) in [5.41, 5.74) is 7.77. The average molecular weight is 250 g/mol. The molecule has 6 heteroatoms. The van der Waals surface area contributed by atoms with Crippen LogP contribution < -0.4 is 20.7 Å². The molecule has 0 bridgehead atoms. The van der Waals surface area contributed by atoms with Crippen LogP contribution in [-0.4, -0.2) is 26.1 Å². The van der Waals surface area contributed by atoms with Gasteiger partial charge in [0.2, 0.25) is 5.96 Å². The fourth-order valence-electron chi connectivity index (χ4n) is 1.81. The van der Waals surface area contributed by atoms with Gasteiger partial charge in [-0.05, 0) is 31.0 Å². The predicted molar refractivity (Wildman–Crippen MR) is 71.3 cm³/mol. The van der Waals surface area contributed by atoms with E-state index in [2.05, 4.69) is 5.32 Å². The van der Waals surface area contributed by atoms with Crippen molar-refractivity contribution in [2.75, 3.05) is 19.1 Å². The monoisotopic (exact) mass is 250 g/mol. The molecule has 0 aromatic heterocycles. The molecule has 0 atom stereocenters. The van der Waals surface area contributed by atoms with Gasteiger partial charge in [0.15, 0.2) is 0 Å². The van der Waals surface area contributed by atoms with Crippen molar-refractivity contribution >= 4 is 17.7 Å². The summed E-state index contributed by atoms with van der Waals surface area (Å²) in [6.07, 6.45) is 0. The van der Waals surface area contributed by atoms with Crippen LogP contribution >= 0.6 is 0 Å². The number of ether oxygens (including phenoxy) is 1. The Balaban J connectivity index is 3.45. The van der Waals surface area contributed by atoms with Gasteiger partial charge in [-0.1, -0.05) is 6.07 Å². The highest BCUT2D eigenvalue weighted by Gasteiger charge is 2.23. The number of methoxy groups -OCH3 is 1. The Morgan fingerprint density at radius 2 is 2.06 bits per heavy atom. The molecule has 0 saturated carbocycles. The Kier molecular flexibility index (Phi) is 4.14. The van der Waals surface area contributed by atoms with Gasteiger partial charge in [0.05, 0.1) is 12.8 Å². The van der Waals surface area contributed by atoms with E-state index >= 15 is 0 Å². The topological polar surface area (TPSA) is 91.4 Å². The molecule has 98 valence electrons. The maximum Gasteiger partial charge on any atom is 0.328 e. The third kappa shape index (κ3) is 2.53. The van der Waals surface area contributed by atoms with Gasteiger partial charge in [-0.2, -0.15) is 0 Å². The van der Waals surface area contributed by atoms with E-state index in [1.807, 2.05) is 19.9 Å². The SMILES string of the molecule is CNC(=O)N(C(=N)N)c1c(C)cc(C)cc1OC. The molecule has 0 aliphatic rings. The number of nitrogens with zero attached hydrogens (tertiary/aromatic N) is 1. The number of nitrogens with one attached hydrogen (secondary N) is 2. The van der Waals surface area contributed by atoms with E-state index in [4.69, 9.17) is 15.9 Å². The molecule has 0 aliphatic carbocycles. The van der Waals surface area contributed by atoms with Crippen molar-refractivity contribution in [1.29, 1.82) is 5.41 Å². The third-order valence-electron chi connectivity index (χ3n) is 2.51. The summed E-state index contributed by atoms with van der Waals surface area (Å²) >= 11 is 0. The second-order valence-corrected chi connectivity index (χ2v) is 3.91. The summed E-state index contributed by atoms with van der Waals surface area (Å²) < 4.78 is 5.26. The first-order valence-electron chi connectivity index (χ1n) is 5.43. The molecule has 1 aromatic rings. The first-order chi connectivity index (χ1) is 8.42. The second-order valence-electron chi connectivity index (χ2n) is 3.91. The van der Waals surface area contributed by atoms with Crippen molar-refractivity contribution in [3.63, 3.8) is 0 Å². The molecule has 2 amide bonds. The lowest BCUT2D eigenvalue weighted by atomic mass is 10.1. The van der Waals surface area contributed by atoms with Gasteiger partial charge in [-0.3, -0.25) is 5.41 Å². The molecular formula is C12H18N4O2. The summed E-state index contributed by atoms with van der Waals surface area (Å²) in [6, 6.07) is 3.21. The van der Waals surface area contributed by atoms with Gasteiger partial charge in [0.25, 0.3) is 0 Å². The third-order valence-corrected chi connectivity index (χ3v) is 2.51. The van der Waals surface area contributed by atoms with Crippen LogP contribution in [-0.2, 0) is 0 Å². The Labute approximate surface area is 106 Å². The number of amides is 2. The molecule has 0 unspecified atom stereocenters. The molecule has 0 aliphatic heterocycles. The van der Waals surface area contributed by atoms with Crippen LogP contribution in [0.2, 0.25) is 0 Å². The van der Waals surface area contributed by atoms with Crippen LogP contribution in [0.15, 0.2) is 12.1 Å².